The Balaban J connectivity index is 0.867. The Morgan fingerprint density at radius 1 is 0.394 bits per heavy atom. The van der Waals surface area contributed by atoms with Crippen LogP contribution in [-0.2, 0) is 0 Å². The fourth-order valence-corrected chi connectivity index (χ4v) is 10.0. The lowest BCUT2D eigenvalue weighted by Gasteiger charge is -2.27. The van der Waals surface area contributed by atoms with E-state index in [2.05, 4.69) is 252 Å². The molecule has 314 valence electrons. The predicted molar refractivity (Wildman–Crippen MR) is 283 cm³/mol. The van der Waals surface area contributed by atoms with Crippen molar-refractivity contribution in [2.45, 2.75) is 25.7 Å². The van der Waals surface area contributed by atoms with Crippen LogP contribution in [0.2, 0.25) is 0 Å². The molecule has 2 nitrogen and oxygen atoms in total. The van der Waals surface area contributed by atoms with E-state index < -0.39 is 0 Å². The molecular formula is C64H48N2. The molecule has 0 N–H and O–H groups in total. The predicted octanol–water partition coefficient (Wildman–Crippen LogP) is 17.7. The third-order valence-corrected chi connectivity index (χ3v) is 13.3. The van der Waals surface area contributed by atoms with Gasteiger partial charge in [-0.05, 0) is 171 Å². The number of benzene rings is 9. The van der Waals surface area contributed by atoms with Gasteiger partial charge in [-0.1, -0.05) is 164 Å². The van der Waals surface area contributed by atoms with Gasteiger partial charge in [0.1, 0.15) is 0 Å². The molecule has 1 aromatic heterocycles. The van der Waals surface area contributed by atoms with Crippen molar-refractivity contribution in [2.24, 2.45) is 0 Å². The second kappa shape index (κ2) is 17.1. The van der Waals surface area contributed by atoms with Crippen molar-refractivity contribution in [2.75, 3.05) is 4.90 Å². The molecule has 0 fully saturated rings. The van der Waals surface area contributed by atoms with Crippen molar-refractivity contribution in [1.29, 1.82) is 0 Å². The van der Waals surface area contributed by atoms with Crippen molar-refractivity contribution >= 4 is 72.5 Å². The Kier molecular flexibility index (Phi) is 10.2. The molecule has 66 heavy (non-hydrogen) atoms. The molecule has 12 rings (SSSR count). The van der Waals surface area contributed by atoms with E-state index in [1.165, 1.54) is 88.0 Å². The third kappa shape index (κ3) is 7.47. The number of para-hydroxylation sites is 2. The van der Waals surface area contributed by atoms with E-state index in [1.54, 1.807) is 0 Å². The number of hydrogen-bond donors (Lipinski definition) is 0. The summed E-state index contributed by atoms with van der Waals surface area (Å²) in [4.78, 5) is 2.38. The minimum atomic E-state index is 1.04. The van der Waals surface area contributed by atoms with Gasteiger partial charge < -0.3 is 9.47 Å². The van der Waals surface area contributed by atoms with Gasteiger partial charge in [-0.3, -0.25) is 0 Å². The Morgan fingerprint density at radius 2 is 0.985 bits per heavy atom. The van der Waals surface area contributed by atoms with Gasteiger partial charge >= 0.3 is 0 Å². The molecule has 0 amide bonds. The molecule has 9 aromatic carbocycles. The summed E-state index contributed by atoms with van der Waals surface area (Å²) >= 11 is 0. The first-order valence-electron chi connectivity index (χ1n) is 23.3. The monoisotopic (exact) mass is 844 g/mol. The summed E-state index contributed by atoms with van der Waals surface area (Å²) in [5.74, 6) is 0. The van der Waals surface area contributed by atoms with Crippen LogP contribution in [-0.4, -0.2) is 4.57 Å². The number of allylic oxidation sites excluding steroid dienone is 7. The number of rotatable bonds is 9. The molecule has 2 aliphatic carbocycles. The normalized spacial score (nSPS) is 13.8. The summed E-state index contributed by atoms with van der Waals surface area (Å²) < 4.78 is 2.43. The molecule has 0 aliphatic heterocycles. The van der Waals surface area contributed by atoms with Crippen molar-refractivity contribution in [1.82, 2.24) is 4.57 Å². The SMILES string of the molecule is C1=CC(c2cc3ccc(-c4ccc5cc(/C=C/c6ccc7c8ccc(N(C9=CCCC=C9)c9ccccc9)cc8n(-c8ccccc8)c7c6)ccc5c4)cc3cc2-c2ccccc2)=CCC1. The van der Waals surface area contributed by atoms with Crippen molar-refractivity contribution in [3.63, 3.8) is 0 Å². The molecule has 0 unspecified atom stereocenters. The summed E-state index contributed by atoms with van der Waals surface area (Å²) in [6.07, 6.45) is 22.7. The van der Waals surface area contributed by atoms with E-state index in [1.807, 2.05) is 0 Å². The topological polar surface area (TPSA) is 8.17 Å². The summed E-state index contributed by atoms with van der Waals surface area (Å²) in [5, 5.41) is 7.45. The zero-order valence-electron chi connectivity index (χ0n) is 36.8. The first-order valence-corrected chi connectivity index (χ1v) is 23.3. The summed E-state index contributed by atoms with van der Waals surface area (Å²) in [6, 6.07) is 71.5. The second-order valence-electron chi connectivity index (χ2n) is 17.5. The average molecular weight is 845 g/mol. The number of nitrogens with zero attached hydrogens (tertiary/aromatic N) is 2. The molecule has 2 heteroatoms. The van der Waals surface area contributed by atoms with Crippen molar-refractivity contribution < 1.29 is 0 Å². The highest BCUT2D eigenvalue weighted by Crippen LogP contribution is 2.40. The van der Waals surface area contributed by atoms with Gasteiger partial charge in [-0.2, -0.15) is 0 Å². The first kappa shape index (κ1) is 39.4. The molecule has 0 saturated carbocycles. The quantitative estimate of drug-likeness (QED) is 0.131. The van der Waals surface area contributed by atoms with Gasteiger partial charge in [-0.25, -0.2) is 0 Å². The van der Waals surface area contributed by atoms with E-state index in [0.717, 1.165) is 48.3 Å². The summed E-state index contributed by atoms with van der Waals surface area (Å²) in [6.45, 7) is 0. The Morgan fingerprint density at radius 3 is 1.71 bits per heavy atom. The zero-order valence-corrected chi connectivity index (χ0v) is 36.8. The first-order chi connectivity index (χ1) is 32.7. The molecule has 0 radical (unpaired) electrons. The largest absolute Gasteiger partial charge is 0.311 e. The van der Waals surface area contributed by atoms with E-state index in [-0.39, 0.29) is 0 Å². The van der Waals surface area contributed by atoms with Crippen molar-refractivity contribution in [3.05, 3.63) is 253 Å². The molecular weight excluding hydrogens is 797 g/mol. The van der Waals surface area contributed by atoms with Crippen LogP contribution < -0.4 is 4.90 Å². The third-order valence-electron chi connectivity index (χ3n) is 13.3. The van der Waals surface area contributed by atoms with Crippen LogP contribution in [0.15, 0.2) is 236 Å². The van der Waals surface area contributed by atoms with Crippen LogP contribution in [0, 0.1) is 0 Å². The molecule has 10 aromatic rings. The van der Waals surface area contributed by atoms with Gasteiger partial charge in [-0.15, -0.1) is 0 Å². The van der Waals surface area contributed by atoms with Crippen LogP contribution in [0.3, 0.4) is 0 Å². The molecule has 0 atom stereocenters. The number of anilines is 2. The zero-order chi connectivity index (χ0) is 43.8. The van der Waals surface area contributed by atoms with E-state index >= 15 is 0 Å². The van der Waals surface area contributed by atoms with Crippen LogP contribution in [0.4, 0.5) is 11.4 Å². The lowest BCUT2D eigenvalue weighted by Crippen LogP contribution is -2.16. The fourth-order valence-electron chi connectivity index (χ4n) is 10.0. The Labute approximate surface area is 386 Å². The van der Waals surface area contributed by atoms with Gasteiger partial charge in [0.25, 0.3) is 0 Å². The Bertz CT molecular complexity index is 3620. The highest BCUT2D eigenvalue weighted by Gasteiger charge is 2.19. The molecule has 0 spiro atoms. The smallest absolute Gasteiger partial charge is 0.0561 e. The second-order valence-corrected chi connectivity index (χ2v) is 17.5. The van der Waals surface area contributed by atoms with E-state index in [4.69, 9.17) is 0 Å². The van der Waals surface area contributed by atoms with Crippen LogP contribution in [0.5, 0.6) is 0 Å². The van der Waals surface area contributed by atoms with E-state index in [9.17, 15) is 0 Å². The lowest BCUT2D eigenvalue weighted by molar-refractivity contribution is 0.997. The summed E-state index contributed by atoms with van der Waals surface area (Å²) in [5.41, 5.74) is 16.9. The van der Waals surface area contributed by atoms with Gasteiger partial charge in [0.2, 0.25) is 0 Å². The fraction of sp³-hybridized carbons (Fsp3) is 0.0625. The van der Waals surface area contributed by atoms with Gasteiger partial charge in [0.05, 0.1) is 11.0 Å². The maximum atomic E-state index is 2.43. The van der Waals surface area contributed by atoms with Crippen molar-refractivity contribution in [3.8, 4) is 27.9 Å². The highest BCUT2D eigenvalue weighted by molar-refractivity contribution is 6.11. The molecule has 2 aliphatic rings. The minimum Gasteiger partial charge on any atom is -0.311 e. The van der Waals surface area contributed by atoms with Crippen LogP contribution in [0.25, 0.3) is 89.0 Å². The van der Waals surface area contributed by atoms with Gasteiger partial charge in [0, 0.05) is 33.5 Å². The average Bonchev–Trinajstić information content (AvgIpc) is 3.71. The maximum Gasteiger partial charge on any atom is 0.0561 e. The van der Waals surface area contributed by atoms with Crippen LogP contribution >= 0.6 is 0 Å². The Hall–Kier alpha value is -8.20. The standard InChI is InChI=1S/C64H48N2/c1-6-16-47(17-7-1)61-42-53-34-33-52(41-54(53)43-62(61)48-18-8-2-9-19-48)51-32-31-49-38-45(28-30-50(49)40-51)26-27-46-29-36-59-60-37-35-58(44-64(60)66(63(59)39-46)57-24-14-5-15-25-57)65(55-20-10-3-11-21-55)56-22-12-4-13-23-56/h2-3,5-6,8-12,14-44H,1,4,7,13H2/b27-26+. The molecule has 1 heterocycles. The highest BCUT2D eigenvalue weighted by atomic mass is 15.1. The maximum absolute atomic E-state index is 2.43. The summed E-state index contributed by atoms with van der Waals surface area (Å²) in [7, 11) is 0. The molecule has 0 saturated heterocycles. The molecule has 0 bridgehead atoms. The minimum absolute atomic E-state index is 1.04. The number of aromatic nitrogens is 1. The van der Waals surface area contributed by atoms with Gasteiger partial charge in [0.15, 0.2) is 0 Å². The van der Waals surface area contributed by atoms with Crippen LogP contribution in [0.1, 0.15) is 42.4 Å². The number of hydrogen-bond acceptors (Lipinski definition) is 1. The lowest BCUT2D eigenvalue weighted by atomic mass is 9.88. The number of fused-ring (bicyclic) bond motifs is 5. The van der Waals surface area contributed by atoms with E-state index in [0.29, 0.717) is 0 Å².